The maximum Gasteiger partial charge on any atom is 0.246 e. The van der Waals surface area contributed by atoms with Crippen LogP contribution in [0.5, 0.6) is 0 Å². The van der Waals surface area contributed by atoms with Gasteiger partial charge in [0.25, 0.3) is 0 Å². The number of piperidine rings is 1. The summed E-state index contributed by atoms with van der Waals surface area (Å²) in [4.78, 5) is 15.6. The number of hydrogen-bond donors (Lipinski definition) is 1. The van der Waals surface area contributed by atoms with Gasteiger partial charge in [0.2, 0.25) is 15.9 Å². The van der Waals surface area contributed by atoms with Crippen LogP contribution in [0.25, 0.3) is 0 Å². The summed E-state index contributed by atoms with van der Waals surface area (Å²) < 4.78 is 27.0. The monoisotopic (exact) mass is 366 g/mol. The summed E-state index contributed by atoms with van der Waals surface area (Å²) >= 11 is 0. The lowest BCUT2D eigenvalue weighted by atomic mass is 9.77. The molecule has 1 spiro atoms. The Morgan fingerprint density at radius 3 is 2.64 bits per heavy atom. The highest BCUT2D eigenvalue weighted by atomic mass is 32.2. The Bertz CT molecular complexity index is 727. The summed E-state index contributed by atoms with van der Waals surface area (Å²) in [6.07, 6.45) is 11.0. The Kier molecular flexibility index (Phi) is 4.35. The molecular formula is C17H26N4O3S. The molecule has 0 bridgehead atoms. The number of carbonyl (C=O) groups is 1. The second-order valence-electron chi connectivity index (χ2n) is 7.70. The van der Waals surface area contributed by atoms with E-state index in [1.165, 1.54) is 36.0 Å². The highest BCUT2D eigenvalue weighted by molar-refractivity contribution is 7.89. The van der Waals surface area contributed by atoms with Gasteiger partial charge in [-0.15, -0.1) is 0 Å². The van der Waals surface area contributed by atoms with Gasteiger partial charge in [-0.25, -0.2) is 8.42 Å². The van der Waals surface area contributed by atoms with Crippen LogP contribution in [-0.2, 0) is 14.8 Å². The molecule has 3 aliphatic rings. The van der Waals surface area contributed by atoms with Crippen LogP contribution >= 0.6 is 0 Å². The summed E-state index contributed by atoms with van der Waals surface area (Å²) in [5.41, 5.74) is -0.521. The van der Waals surface area contributed by atoms with Crippen molar-refractivity contribution in [2.24, 2.45) is 5.41 Å². The van der Waals surface area contributed by atoms with Crippen LogP contribution in [0, 0.1) is 5.41 Å². The second-order valence-corrected chi connectivity index (χ2v) is 9.63. The summed E-state index contributed by atoms with van der Waals surface area (Å²) in [7, 11) is -3.57. The normalized spacial score (nSPS) is 29.6. The number of rotatable bonds is 3. The number of nitrogens with one attached hydrogen (secondary N) is 1. The topological polar surface area (TPSA) is 86.4 Å². The number of nitrogens with zero attached hydrogens (tertiary/aromatic N) is 3. The number of likely N-dealkylation sites (tertiary alicyclic amines) is 1. The predicted molar refractivity (Wildman–Crippen MR) is 92.2 cm³/mol. The number of hydrogen-bond acceptors (Lipinski definition) is 4. The molecule has 8 heteroatoms. The lowest BCUT2D eigenvalue weighted by molar-refractivity contribution is -0.149. The van der Waals surface area contributed by atoms with E-state index in [2.05, 4.69) is 15.1 Å². The largest absolute Gasteiger partial charge is 0.339 e. The number of H-pyrrole nitrogens is 1. The Hall–Kier alpha value is -1.41. The molecule has 2 saturated heterocycles. The van der Waals surface area contributed by atoms with Crippen LogP contribution < -0.4 is 0 Å². The maximum absolute atomic E-state index is 13.3. The van der Waals surface area contributed by atoms with Gasteiger partial charge in [0.05, 0.1) is 11.6 Å². The van der Waals surface area contributed by atoms with Crippen molar-refractivity contribution in [3.8, 4) is 0 Å². The van der Waals surface area contributed by atoms with Gasteiger partial charge >= 0.3 is 0 Å². The van der Waals surface area contributed by atoms with Crippen LogP contribution in [-0.4, -0.2) is 59.4 Å². The molecule has 1 aromatic rings. The van der Waals surface area contributed by atoms with E-state index >= 15 is 0 Å². The molecule has 0 unspecified atom stereocenters. The standard InChI is InChI=1S/C17H26N4O3S/c22-16-17(7-4-9-21(16)14-5-2-1-3-6-14)8-10-20(13-17)25(23,24)15-11-18-19-12-15/h11-12,14H,1-10,13H2,(H,18,19)/t17-/m1/s1. The highest BCUT2D eigenvalue weighted by Crippen LogP contribution is 2.43. The fourth-order valence-electron chi connectivity index (χ4n) is 4.79. The van der Waals surface area contributed by atoms with Crippen molar-refractivity contribution in [3.63, 3.8) is 0 Å². The first-order valence-corrected chi connectivity index (χ1v) is 10.8. The van der Waals surface area contributed by atoms with Gasteiger partial charge in [0.15, 0.2) is 0 Å². The summed E-state index contributed by atoms with van der Waals surface area (Å²) in [5, 5.41) is 6.30. The van der Waals surface area contributed by atoms with Crippen molar-refractivity contribution in [2.75, 3.05) is 19.6 Å². The van der Waals surface area contributed by atoms with Crippen LogP contribution in [0.2, 0.25) is 0 Å². The van der Waals surface area contributed by atoms with E-state index in [0.717, 1.165) is 32.2 Å². The van der Waals surface area contributed by atoms with E-state index in [4.69, 9.17) is 0 Å². The molecule has 1 aromatic heterocycles. The van der Waals surface area contributed by atoms with Gasteiger partial charge in [-0.05, 0) is 32.1 Å². The number of aromatic nitrogens is 2. The molecule has 2 aliphatic heterocycles. The van der Waals surface area contributed by atoms with Crippen LogP contribution in [0.3, 0.4) is 0 Å². The Balaban J connectivity index is 1.53. The van der Waals surface area contributed by atoms with E-state index in [9.17, 15) is 13.2 Å². The van der Waals surface area contributed by atoms with Crippen molar-refractivity contribution in [1.29, 1.82) is 0 Å². The van der Waals surface area contributed by atoms with Crippen LogP contribution in [0.15, 0.2) is 17.3 Å². The Morgan fingerprint density at radius 1 is 1.12 bits per heavy atom. The molecule has 4 rings (SSSR count). The Morgan fingerprint density at radius 2 is 1.92 bits per heavy atom. The van der Waals surface area contributed by atoms with E-state index in [1.54, 1.807) is 0 Å². The molecule has 1 atom stereocenters. The van der Waals surface area contributed by atoms with Gasteiger partial charge in [-0.2, -0.15) is 9.40 Å². The minimum absolute atomic E-state index is 0.178. The zero-order chi connectivity index (χ0) is 17.5. The zero-order valence-electron chi connectivity index (χ0n) is 14.5. The minimum atomic E-state index is -3.57. The zero-order valence-corrected chi connectivity index (χ0v) is 15.3. The van der Waals surface area contributed by atoms with E-state index in [1.807, 2.05) is 0 Å². The van der Waals surface area contributed by atoms with Crippen LogP contribution in [0.1, 0.15) is 51.4 Å². The van der Waals surface area contributed by atoms with Gasteiger partial charge in [0.1, 0.15) is 4.90 Å². The molecule has 0 radical (unpaired) electrons. The third-order valence-electron chi connectivity index (χ3n) is 6.21. The van der Waals surface area contributed by atoms with E-state index < -0.39 is 15.4 Å². The number of amides is 1. The highest BCUT2D eigenvalue weighted by Gasteiger charge is 2.52. The summed E-state index contributed by atoms with van der Waals surface area (Å²) in [6.45, 7) is 1.56. The first-order valence-electron chi connectivity index (χ1n) is 9.33. The third-order valence-corrected chi connectivity index (χ3v) is 8.02. The van der Waals surface area contributed by atoms with Gasteiger partial charge < -0.3 is 4.90 Å². The van der Waals surface area contributed by atoms with Crippen LogP contribution in [0.4, 0.5) is 0 Å². The fraction of sp³-hybridized carbons (Fsp3) is 0.765. The van der Waals surface area contributed by atoms with Crippen molar-refractivity contribution in [3.05, 3.63) is 12.4 Å². The quantitative estimate of drug-likeness (QED) is 0.883. The molecule has 1 N–H and O–H groups in total. The van der Waals surface area contributed by atoms with Gasteiger partial charge in [-0.1, -0.05) is 19.3 Å². The molecule has 3 heterocycles. The first kappa shape index (κ1) is 17.0. The fourth-order valence-corrected chi connectivity index (χ4v) is 6.22. The average Bonchev–Trinajstić information content (AvgIpc) is 3.30. The average molecular weight is 366 g/mol. The molecule has 1 amide bonds. The smallest absolute Gasteiger partial charge is 0.246 e. The lowest BCUT2D eigenvalue weighted by Crippen LogP contribution is -2.54. The molecule has 0 aromatic carbocycles. The molecule has 3 fully saturated rings. The molecule has 1 saturated carbocycles. The Labute approximate surface area is 148 Å². The second kappa shape index (κ2) is 6.39. The summed E-state index contributed by atoms with van der Waals surface area (Å²) in [5.74, 6) is 0.190. The third kappa shape index (κ3) is 2.89. The van der Waals surface area contributed by atoms with Crippen molar-refractivity contribution in [2.45, 2.75) is 62.3 Å². The van der Waals surface area contributed by atoms with Crippen molar-refractivity contribution >= 4 is 15.9 Å². The maximum atomic E-state index is 13.3. The molecule has 138 valence electrons. The van der Waals surface area contributed by atoms with Gasteiger partial charge in [-0.3, -0.25) is 9.89 Å². The van der Waals surface area contributed by atoms with Gasteiger partial charge in [0, 0.05) is 31.9 Å². The molecular weight excluding hydrogens is 340 g/mol. The predicted octanol–water partition coefficient (Wildman–Crippen LogP) is 1.75. The summed E-state index contributed by atoms with van der Waals surface area (Å²) in [6, 6.07) is 0.359. The lowest BCUT2D eigenvalue weighted by Gasteiger charge is -2.44. The van der Waals surface area contributed by atoms with Crippen molar-refractivity contribution in [1.82, 2.24) is 19.4 Å². The molecule has 7 nitrogen and oxygen atoms in total. The molecule has 25 heavy (non-hydrogen) atoms. The van der Waals surface area contributed by atoms with E-state index in [-0.39, 0.29) is 10.8 Å². The number of sulfonamides is 1. The number of aromatic amines is 1. The van der Waals surface area contributed by atoms with Crippen molar-refractivity contribution < 1.29 is 13.2 Å². The first-order chi connectivity index (χ1) is 12.0. The van der Waals surface area contributed by atoms with E-state index in [0.29, 0.717) is 25.6 Å². The number of carbonyl (C=O) groups excluding carboxylic acids is 1. The minimum Gasteiger partial charge on any atom is -0.339 e. The molecule has 1 aliphatic carbocycles. The SMILES string of the molecule is O=C1N(C2CCCCC2)CCC[C@]12CCN(S(=O)(=O)c1cn[nH]c1)C2.